The highest BCUT2D eigenvalue weighted by molar-refractivity contribution is 5.85. The van der Waals surface area contributed by atoms with Gasteiger partial charge in [-0.1, -0.05) is 20.3 Å². The summed E-state index contributed by atoms with van der Waals surface area (Å²) in [6.07, 6.45) is 3.08. The van der Waals surface area contributed by atoms with E-state index in [1.54, 1.807) is 0 Å². The van der Waals surface area contributed by atoms with E-state index in [1.807, 2.05) is 13.8 Å². The summed E-state index contributed by atoms with van der Waals surface area (Å²) in [4.78, 5) is 28.5. The van der Waals surface area contributed by atoms with Gasteiger partial charge in [0.2, 0.25) is 5.91 Å². The third-order valence-electron chi connectivity index (χ3n) is 4.56. The Morgan fingerprint density at radius 3 is 2.64 bits per heavy atom. The molecule has 1 amide bonds. The Bertz CT molecular complexity index is 374. The quantitative estimate of drug-likeness (QED) is 0.702. The maximum absolute atomic E-state index is 12.3. The molecule has 6 heteroatoms. The summed E-state index contributed by atoms with van der Waals surface area (Å²) in [5.41, 5.74) is 0. The summed E-state index contributed by atoms with van der Waals surface area (Å²) in [7, 11) is 5.51. The lowest BCUT2D eigenvalue weighted by atomic mass is 9.99. The molecule has 6 nitrogen and oxygen atoms in total. The predicted molar refractivity (Wildman–Crippen MR) is 86.6 cm³/mol. The third kappa shape index (κ3) is 5.57. The zero-order valence-corrected chi connectivity index (χ0v) is 14.6. The molecule has 0 aliphatic carbocycles. The van der Waals surface area contributed by atoms with Crippen molar-refractivity contribution in [3.63, 3.8) is 0 Å². The number of amides is 1. The number of ether oxygens (including phenoxy) is 1. The van der Waals surface area contributed by atoms with Crippen LogP contribution >= 0.6 is 0 Å². The highest BCUT2D eigenvalue weighted by atomic mass is 16.5. The molecule has 0 radical (unpaired) electrons. The van der Waals surface area contributed by atoms with E-state index in [9.17, 15) is 9.59 Å². The largest absolute Gasteiger partial charge is 0.467 e. The van der Waals surface area contributed by atoms with Crippen LogP contribution in [0.1, 0.15) is 33.1 Å². The minimum Gasteiger partial charge on any atom is -0.467 e. The lowest BCUT2D eigenvalue weighted by molar-refractivity contribution is -0.146. The number of carbonyl (C=O) groups is 2. The molecule has 0 aromatic rings. The molecule has 0 aromatic heterocycles. The standard InChI is InChI=1S/C16H31N3O3/c1-6-12(2)15(16(21)22-5)17-14(20)11-19-9-7-8-13(10-19)18(3)4/h12-13,15H,6-11H2,1-5H3,(H,17,20). The van der Waals surface area contributed by atoms with Gasteiger partial charge >= 0.3 is 5.97 Å². The molecule has 0 aromatic carbocycles. The van der Waals surface area contributed by atoms with Crippen LogP contribution in [-0.4, -0.2) is 74.6 Å². The van der Waals surface area contributed by atoms with Crippen molar-refractivity contribution in [2.75, 3.05) is 40.8 Å². The van der Waals surface area contributed by atoms with Gasteiger partial charge in [-0.2, -0.15) is 0 Å². The van der Waals surface area contributed by atoms with Crippen molar-refractivity contribution in [3.05, 3.63) is 0 Å². The molecule has 1 aliphatic heterocycles. The minimum absolute atomic E-state index is 0.0623. The number of nitrogens with one attached hydrogen (secondary N) is 1. The molecule has 1 heterocycles. The number of methoxy groups -OCH3 is 1. The van der Waals surface area contributed by atoms with Gasteiger partial charge < -0.3 is 15.0 Å². The number of hydrogen-bond donors (Lipinski definition) is 1. The predicted octanol–water partition coefficient (Wildman–Crippen LogP) is 0.716. The second kappa shape index (κ2) is 9.10. The van der Waals surface area contributed by atoms with E-state index in [0.29, 0.717) is 12.6 Å². The van der Waals surface area contributed by atoms with Crippen LogP contribution in [0.4, 0.5) is 0 Å². The second-order valence-electron chi connectivity index (χ2n) is 6.45. The molecular weight excluding hydrogens is 282 g/mol. The zero-order chi connectivity index (χ0) is 16.7. The number of nitrogens with zero attached hydrogens (tertiary/aromatic N) is 2. The molecule has 1 fully saturated rings. The van der Waals surface area contributed by atoms with Crippen LogP contribution in [0.5, 0.6) is 0 Å². The first-order valence-corrected chi connectivity index (χ1v) is 8.15. The summed E-state index contributed by atoms with van der Waals surface area (Å²) < 4.78 is 4.80. The first-order chi connectivity index (χ1) is 10.4. The molecule has 3 atom stereocenters. The molecule has 128 valence electrons. The van der Waals surface area contributed by atoms with E-state index in [0.717, 1.165) is 25.9 Å². The van der Waals surface area contributed by atoms with Crippen LogP contribution in [0.2, 0.25) is 0 Å². The zero-order valence-electron chi connectivity index (χ0n) is 14.6. The van der Waals surface area contributed by atoms with E-state index >= 15 is 0 Å². The Hall–Kier alpha value is -1.14. The molecular formula is C16H31N3O3. The van der Waals surface area contributed by atoms with Crippen LogP contribution in [0.3, 0.4) is 0 Å². The first kappa shape index (κ1) is 18.9. The van der Waals surface area contributed by atoms with E-state index in [4.69, 9.17) is 4.74 Å². The molecule has 1 saturated heterocycles. The summed E-state index contributed by atoms with van der Waals surface area (Å²) in [6, 6.07) is -0.0653. The summed E-state index contributed by atoms with van der Waals surface area (Å²) in [5, 5.41) is 2.84. The fraction of sp³-hybridized carbons (Fsp3) is 0.875. The number of piperidine rings is 1. The van der Waals surface area contributed by atoms with Crippen molar-refractivity contribution in [2.24, 2.45) is 5.92 Å². The van der Waals surface area contributed by atoms with Crippen LogP contribution in [0, 0.1) is 5.92 Å². The topological polar surface area (TPSA) is 61.9 Å². The van der Waals surface area contributed by atoms with Crippen molar-refractivity contribution < 1.29 is 14.3 Å². The van der Waals surface area contributed by atoms with Gasteiger partial charge in [0, 0.05) is 12.6 Å². The van der Waals surface area contributed by atoms with Crippen LogP contribution in [0.15, 0.2) is 0 Å². The number of esters is 1. The molecule has 0 bridgehead atoms. The van der Waals surface area contributed by atoms with Crippen LogP contribution in [-0.2, 0) is 14.3 Å². The van der Waals surface area contributed by atoms with Crippen molar-refractivity contribution in [1.29, 1.82) is 0 Å². The molecule has 1 aliphatic rings. The lowest BCUT2D eigenvalue weighted by Crippen LogP contribution is -2.52. The molecule has 22 heavy (non-hydrogen) atoms. The van der Waals surface area contributed by atoms with E-state index < -0.39 is 6.04 Å². The number of likely N-dealkylation sites (tertiary alicyclic amines) is 1. The van der Waals surface area contributed by atoms with Gasteiger partial charge in [0.25, 0.3) is 0 Å². The van der Waals surface area contributed by atoms with E-state index in [2.05, 4.69) is 29.2 Å². The van der Waals surface area contributed by atoms with Crippen molar-refractivity contribution >= 4 is 11.9 Å². The highest BCUT2D eigenvalue weighted by Gasteiger charge is 2.28. The third-order valence-corrected chi connectivity index (χ3v) is 4.56. The fourth-order valence-electron chi connectivity index (χ4n) is 2.81. The minimum atomic E-state index is -0.558. The maximum Gasteiger partial charge on any atom is 0.328 e. The molecule has 1 rings (SSSR count). The smallest absolute Gasteiger partial charge is 0.328 e. The monoisotopic (exact) mass is 313 g/mol. The van der Waals surface area contributed by atoms with Gasteiger partial charge in [0.15, 0.2) is 0 Å². The summed E-state index contributed by atoms with van der Waals surface area (Å²) in [6.45, 7) is 6.12. The number of rotatable bonds is 7. The van der Waals surface area contributed by atoms with Crippen molar-refractivity contribution in [1.82, 2.24) is 15.1 Å². The highest BCUT2D eigenvalue weighted by Crippen LogP contribution is 2.14. The Balaban J connectivity index is 2.54. The van der Waals surface area contributed by atoms with Gasteiger partial charge in [-0.05, 0) is 39.4 Å². The van der Waals surface area contributed by atoms with Gasteiger partial charge in [0.1, 0.15) is 6.04 Å². The molecule has 1 N–H and O–H groups in total. The summed E-state index contributed by atoms with van der Waals surface area (Å²) >= 11 is 0. The number of carbonyl (C=O) groups excluding carboxylic acids is 2. The van der Waals surface area contributed by atoms with Crippen LogP contribution < -0.4 is 5.32 Å². The van der Waals surface area contributed by atoms with E-state index in [-0.39, 0.29) is 17.8 Å². The second-order valence-corrected chi connectivity index (χ2v) is 6.45. The molecule has 0 saturated carbocycles. The fourth-order valence-corrected chi connectivity index (χ4v) is 2.81. The Morgan fingerprint density at radius 2 is 2.09 bits per heavy atom. The van der Waals surface area contributed by atoms with E-state index in [1.165, 1.54) is 13.5 Å². The van der Waals surface area contributed by atoms with Crippen LogP contribution in [0.25, 0.3) is 0 Å². The maximum atomic E-state index is 12.3. The Kier molecular flexibility index (Phi) is 7.82. The Labute approximate surface area is 134 Å². The molecule has 0 spiro atoms. The van der Waals surface area contributed by atoms with Gasteiger partial charge in [-0.15, -0.1) is 0 Å². The lowest BCUT2D eigenvalue weighted by Gasteiger charge is -2.36. The average molecular weight is 313 g/mol. The molecule has 3 unspecified atom stereocenters. The average Bonchev–Trinajstić information content (AvgIpc) is 2.51. The first-order valence-electron chi connectivity index (χ1n) is 8.15. The summed E-state index contributed by atoms with van der Waals surface area (Å²) in [5.74, 6) is -0.408. The number of likely N-dealkylation sites (N-methyl/N-ethyl adjacent to an activating group) is 1. The van der Waals surface area contributed by atoms with Gasteiger partial charge in [-0.25, -0.2) is 4.79 Å². The SMILES string of the molecule is CCC(C)C(NC(=O)CN1CCCC(N(C)C)C1)C(=O)OC. The van der Waals surface area contributed by atoms with Gasteiger partial charge in [-0.3, -0.25) is 9.69 Å². The normalized spacial score (nSPS) is 22.2. The van der Waals surface area contributed by atoms with Gasteiger partial charge in [0.05, 0.1) is 13.7 Å². The van der Waals surface area contributed by atoms with Crippen molar-refractivity contribution in [2.45, 2.75) is 45.2 Å². The Morgan fingerprint density at radius 1 is 1.41 bits per heavy atom. The van der Waals surface area contributed by atoms with Crippen molar-refractivity contribution in [3.8, 4) is 0 Å². The number of hydrogen-bond acceptors (Lipinski definition) is 5.